The maximum absolute atomic E-state index is 9.77. The van der Waals surface area contributed by atoms with Gasteiger partial charge in [0.2, 0.25) is 0 Å². The molecule has 0 bridgehead atoms. The molecule has 0 radical (unpaired) electrons. The molecular weight excluding hydrogens is 156 g/mol. The summed E-state index contributed by atoms with van der Waals surface area (Å²) in [5.41, 5.74) is 0. The molecule has 2 rings (SSSR count). The molecule has 5 nitrogen and oxygen atoms in total. The molecule has 5 heteroatoms. The van der Waals surface area contributed by atoms with E-state index in [0.717, 1.165) is 0 Å². The lowest BCUT2D eigenvalue weighted by molar-refractivity contribution is 0.111. The van der Waals surface area contributed by atoms with Crippen molar-refractivity contribution in [1.29, 1.82) is 0 Å². The lowest BCUT2D eigenvalue weighted by Gasteiger charge is -1.68. The van der Waals surface area contributed by atoms with E-state index < -0.39 is 0 Å². The minimum absolute atomic E-state index is 0.375. The second-order valence-corrected chi connectivity index (χ2v) is 1.85. The van der Waals surface area contributed by atoms with Gasteiger partial charge in [0.25, 0.3) is 0 Å². The van der Waals surface area contributed by atoms with Crippen molar-refractivity contribution in [3.05, 3.63) is 36.9 Å². The highest BCUT2D eigenvalue weighted by molar-refractivity contribution is 5.68. The Kier molecular flexibility index (Phi) is 3.30. The molecule has 0 aromatic carbocycles. The molecule has 0 saturated heterocycles. The molecule has 0 atom stereocenters. The van der Waals surface area contributed by atoms with Crippen LogP contribution in [0.1, 0.15) is 10.6 Å². The summed E-state index contributed by atoms with van der Waals surface area (Å²) in [7, 11) is 0. The highest BCUT2D eigenvalue weighted by atomic mass is 16.1. The Morgan fingerprint density at radius 1 is 1.33 bits per heavy atom. The topological polar surface area (TPSA) is 74.4 Å². The van der Waals surface area contributed by atoms with E-state index in [1.165, 1.54) is 6.20 Å². The number of aldehydes is 1. The summed E-state index contributed by atoms with van der Waals surface area (Å²) in [5, 5.41) is 0. The number of imidazole rings is 2. The van der Waals surface area contributed by atoms with Crippen LogP contribution in [0.5, 0.6) is 0 Å². The number of hydrogen-bond donors (Lipinski definition) is 2. The van der Waals surface area contributed by atoms with Gasteiger partial charge in [-0.2, -0.15) is 0 Å². The number of carbonyl (C=O) groups excluding carboxylic acids is 1. The average Bonchev–Trinajstić information content (AvgIpc) is 2.81. The summed E-state index contributed by atoms with van der Waals surface area (Å²) < 4.78 is 0. The molecule has 2 aromatic heterocycles. The molecule has 0 unspecified atom stereocenters. The summed E-state index contributed by atoms with van der Waals surface area (Å²) >= 11 is 0. The molecule has 62 valence electrons. The van der Waals surface area contributed by atoms with Gasteiger partial charge < -0.3 is 9.97 Å². The van der Waals surface area contributed by atoms with E-state index in [1.807, 2.05) is 0 Å². The number of nitrogens with one attached hydrogen (secondary N) is 2. The minimum Gasteiger partial charge on any atom is -0.351 e. The van der Waals surface area contributed by atoms with Gasteiger partial charge in [-0.05, 0) is 0 Å². The fourth-order valence-electron chi connectivity index (χ4n) is 0.557. The molecule has 2 N–H and O–H groups in total. The fourth-order valence-corrected chi connectivity index (χ4v) is 0.557. The van der Waals surface area contributed by atoms with Gasteiger partial charge in [-0.25, -0.2) is 9.97 Å². The van der Waals surface area contributed by atoms with Gasteiger partial charge in [0, 0.05) is 24.8 Å². The third kappa shape index (κ3) is 2.78. The third-order valence-corrected chi connectivity index (χ3v) is 1.04. The van der Waals surface area contributed by atoms with Crippen LogP contribution in [0.4, 0.5) is 0 Å². The number of carbonyl (C=O) groups is 1. The minimum atomic E-state index is 0.375. The third-order valence-electron chi connectivity index (χ3n) is 1.04. The second kappa shape index (κ2) is 4.84. The number of rotatable bonds is 1. The SMILES string of the molecule is O=Cc1ncc[nH]1.c1c[nH]cn1. The van der Waals surface area contributed by atoms with Crippen molar-refractivity contribution < 1.29 is 4.79 Å². The number of H-pyrrole nitrogens is 2. The van der Waals surface area contributed by atoms with Crippen molar-refractivity contribution in [3.63, 3.8) is 0 Å². The van der Waals surface area contributed by atoms with Crippen molar-refractivity contribution in [2.75, 3.05) is 0 Å². The number of nitrogens with zero attached hydrogens (tertiary/aromatic N) is 2. The highest BCUT2D eigenvalue weighted by Gasteiger charge is 1.82. The van der Waals surface area contributed by atoms with Crippen molar-refractivity contribution in [2.24, 2.45) is 0 Å². The summed E-state index contributed by atoms with van der Waals surface area (Å²) in [6.07, 6.45) is 8.88. The first-order valence-corrected chi connectivity index (χ1v) is 3.31. The maximum Gasteiger partial charge on any atom is 0.185 e. The highest BCUT2D eigenvalue weighted by Crippen LogP contribution is 1.77. The summed E-state index contributed by atoms with van der Waals surface area (Å²) in [4.78, 5) is 22.4. The second-order valence-electron chi connectivity index (χ2n) is 1.85. The van der Waals surface area contributed by atoms with Gasteiger partial charge in [0.05, 0.1) is 6.33 Å². The van der Waals surface area contributed by atoms with Gasteiger partial charge >= 0.3 is 0 Å². The van der Waals surface area contributed by atoms with E-state index in [0.29, 0.717) is 12.1 Å². The quantitative estimate of drug-likeness (QED) is 0.607. The van der Waals surface area contributed by atoms with Crippen LogP contribution in [0.25, 0.3) is 0 Å². The van der Waals surface area contributed by atoms with Crippen molar-refractivity contribution in [3.8, 4) is 0 Å². The number of hydrogen-bond acceptors (Lipinski definition) is 3. The lowest BCUT2D eigenvalue weighted by atomic mass is 10.7. The van der Waals surface area contributed by atoms with Crippen molar-refractivity contribution in [1.82, 2.24) is 19.9 Å². The van der Waals surface area contributed by atoms with E-state index >= 15 is 0 Å². The number of aromatic amines is 2. The predicted octanol–water partition coefficient (Wildman–Crippen LogP) is 0.632. The van der Waals surface area contributed by atoms with Crippen LogP contribution in [0.2, 0.25) is 0 Å². The average molecular weight is 164 g/mol. The Labute approximate surface area is 68.9 Å². The van der Waals surface area contributed by atoms with Crippen molar-refractivity contribution in [2.45, 2.75) is 0 Å². The van der Waals surface area contributed by atoms with E-state index in [4.69, 9.17) is 0 Å². The molecule has 0 fully saturated rings. The van der Waals surface area contributed by atoms with Gasteiger partial charge in [0.1, 0.15) is 0 Å². The van der Waals surface area contributed by atoms with Crippen LogP contribution in [-0.2, 0) is 0 Å². The zero-order valence-electron chi connectivity index (χ0n) is 6.27. The fraction of sp³-hybridized carbons (Fsp3) is 0. The van der Waals surface area contributed by atoms with Gasteiger partial charge in [-0.3, -0.25) is 4.79 Å². The van der Waals surface area contributed by atoms with Crippen LogP contribution in [0, 0.1) is 0 Å². The maximum atomic E-state index is 9.77. The normalized spacial score (nSPS) is 8.33. The van der Waals surface area contributed by atoms with Gasteiger partial charge in [0.15, 0.2) is 12.1 Å². The van der Waals surface area contributed by atoms with E-state index in [9.17, 15) is 4.79 Å². The molecule has 2 aromatic rings. The van der Waals surface area contributed by atoms with Crippen LogP contribution in [-0.4, -0.2) is 26.2 Å². The van der Waals surface area contributed by atoms with Crippen LogP contribution in [0.3, 0.4) is 0 Å². The van der Waals surface area contributed by atoms with Gasteiger partial charge in [-0.15, -0.1) is 0 Å². The molecule has 0 amide bonds. The standard InChI is InChI=1S/C4H4N2O.C3H4N2/c7-3-4-5-1-2-6-4;1-2-5-3-4-1/h1-3H,(H,5,6);1-3H,(H,4,5). The monoisotopic (exact) mass is 164 g/mol. The lowest BCUT2D eigenvalue weighted by Crippen LogP contribution is -1.78. The largest absolute Gasteiger partial charge is 0.351 e. The Hall–Kier alpha value is -1.91. The number of aromatic nitrogens is 4. The molecule has 0 aliphatic carbocycles. The summed E-state index contributed by atoms with van der Waals surface area (Å²) in [5.74, 6) is 0.375. The zero-order chi connectivity index (χ0) is 8.65. The molecule has 12 heavy (non-hydrogen) atoms. The Morgan fingerprint density at radius 3 is 2.50 bits per heavy atom. The van der Waals surface area contributed by atoms with Crippen molar-refractivity contribution >= 4 is 6.29 Å². The van der Waals surface area contributed by atoms with Crippen LogP contribution >= 0.6 is 0 Å². The van der Waals surface area contributed by atoms with Gasteiger partial charge in [-0.1, -0.05) is 0 Å². The van der Waals surface area contributed by atoms with Crippen LogP contribution < -0.4 is 0 Å². The molecule has 0 aliphatic heterocycles. The van der Waals surface area contributed by atoms with E-state index in [-0.39, 0.29) is 0 Å². The molecule has 0 spiro atoms. The molecule has 0 aliphatic rings. The Morgan fingerprint density at radius 2 is 2.25 bits per heavy atom. The van der Waals surface area contributed by atoms with E-state index in [2.05, 4.69) is 19.9 Å². The molecular formula is C7H8N4O. The molecule has 2 heterocycles. The molecule has 0 saturated carbocycles. The first kappa shape index (κ1) is 8.19. The van der Waals surface area contributed by atoms with Crippen LogP contribution in [0.15, 0.2) is 31.1 Å². The Balaban J connectivity index is 0.000000127. The predicted molar refractivity (Wildman–Crippen MR) is 42.6 cm³/mol. The smallest absolute Gasteiger partial charge is 0.185 e. The first-order valence-electron chi connectivity index (χ1n) is 3.31. The summed E-state index contributed by atoms with van der Waals surface area (Å²) in [6, 6.07) is 0. The first-order chi connectivity index (χ1) is 5.93. The zero-order valence-corrected chi connectivity index (χ0v) is 6.27. The Bertz CT molecular complexity index is 270. The summed E-state index contributed by atoms with van der Waals surface area (Å²) in [6.45, 7) is 0. The van der Waals surface area contributed by atoms with E-state index in [1.54, 1.807) is 24.9 Å².